The van der Waals surface area contributed by atoms with Crippen LogP contribution in [0.3, 0.4) is 0 Å². The Kier molecular flexibility index (Phi) is 5.82. The van der Waals surface area contributed by atoms with Gasteiger partial charge in [-0.05, 0) is 32.1 Å². The van der Waals surface area contributed by atoms with Crippen LogP contribution in [0.4, 0.5) is 5.69 Å². The zero-order valence-electron chi connectivity index (χ0n) is 11.4. The van der Waals surface area contributed by atoms with Crippen LogP contribution in [-0.2, 0) is 4.74 Å². The normalized spacial score (nSPS) is 22.7. The van der Waals surface area contributed by atoms with Gasteiger partial charge < -0.3 is 15.8 Å². The number of nitrogens with zero attached hydrogens (tertiary/aromatic N) is 1. The Morgan fingerprint density at radius 1 is 1.45 bits per heavy atom. The average Bonchev–Trinajstić information content (AvgIpc) is 2.45. The van der Waals surface area contributed by atoms with E-state index in [4.69, 9.17) is 22.1 Å². The maximum absolute atomic E-state index is 11.2. The number of nitrogens with one attached hydrogen (secondary N) is 2. The first kappa shape index (κ1) is 15.3. The molecule has 2 rings (SSSR count). The summed E-state index contributed by atoms with van der Waals surface area (Å²) < 4.78 is 5.81. The van der Waals surface area contributed by atoms with Gasteiger partial charge in [0, 0.05) is 19.2 Å². The van der Waals surface area contributed by atoms with Crippen LogP contribution in [0.1, 0.15) is 32.1 Å². The molecule has 0 unspecified atom stereocenters. The number of aromatic nitrogens is 2. The number of aromatic amines is 1. The van der Waals surface area contributed by atoms with Crippen molar-refractivity contribution in [2.45, 2.75) is 44.2 Å². The molecule has 0 saturated heterocycles. The second kappa shape index (κ2) is 7.61. The Labute approximate surface area is 123 Å². The molecule has 0 radical (unpaired) electrons. The molecule has 1 aliphatic rings. The van der Waals surface area contributed by atoms with E-state index in [9.17, 15) is 4.79 Å². The summed E-state index contributed by atoms with van der Waals surface area (Å²) in [7, 11) is 0. The van der Waals surface area contributed by atoms with E-state index in [1.54, 1.807) is 0 Å². The lowest BCUT2D eigenvalue weighted by molar-refractivity contribution is 0.0251. The molecule has 0 amide bonds. The van der Waals surface area contributed by atoms with E-state index < -0.39 is 0 Å². The Bertz CT molecular complexity index is 472. The molecule has 0 atom stereocenters. The summed E-state index contributed by atoms with van der Waals surface area (Å²) in [4.78, 5) is 11.2. The maximum atomic E-state index is 11.2. The maximum Gasteiger partial charge on any atom is 0.285 e. The number of rotatable bonds is 6. The Morgan fingerprint density at radius 2 is 2.20 bits per heavy atom. The molecule has 0 aliphatic heterocycles. The van der Waals surface area contributed by atoms with Crippen LogP contribution in [0, 0.1) is 0 Å². The van der Waals surface area contributed by atoms with E-state index >= 15 is 0 Å². The van der Waals surface area contributed by atoms with Crippen LogP contribution in [0.5, 0.6) is 0 Å². The number of anilines is 1. The molecule has 1 aliphatic carbocycles. The van der Waals surface area contributed by atoms with E-state index in [1.807, 2.05) is 0 Å². The predicted molar refractivity (Wildman–Crippen MR) is 79.2 cm³/mol. The van der Waals surface area contributed by atoms with Gasteiger partial charge in [0.15, 0.2) is 0 Å². The first-order valence-corrected chi connectivity index (χ1v) is 7.39. The molecule has 0 bridgehead atoms. The summed E-state index contributed by atoms with van der Waals surface area (Å²) in [6, 6.07) is 0.349. The van der Waals surface area contributed by atoms with Crippen molar-refractivity contribution >= 4 is 17.3 Å². The first-order valence-electron chi connectivity index (χ1n) is 7.01. The molecule has 112 valence electrons. The molecule has 0 spiro atoms. The SMILES string of the molecule is NC1CCC(OCCCNc2cn[nH]c(=O)c2Cl)CC1. The number of hydrogen-bond acceptors (Lipinski definition) is 5. The Balaban J connectivity index is 1.62. The summed E-state index contributed by atoms with van der Waals surface area (Å²) in [6.07, 6.45) is 6.92. The number of nitrogens with two attached hydrogens (primary N) is 1. The molecule has 0 aromatic carbocycles. The van der Waals surface area contributed by atoms with Crippen LogP contribution < -0.4 is 16.6 Å². The smallest absolute Gasteiger partial charge is 0.285 e. The number of H-pyrrole nitrogens is 1. The summed E-state index contributed by atoms with van der Waals surface area (Å²) in [6.45, 7) is 1.39. The number of hydrogen-bond donors (Lipinski definition) is 3. The fourth-order valence-electron chi connectivity index (χ4n) is 2.31. The number of halogens is 1. The van der Waals surface area contributed by atoms with Crippen molar-refractivity contribution in [3.8, 4) is 0 Å². The summed E-state index contributed by atoms with van der Waals surface area (Å²) in [5.41, 5.74) is 6.02. The topological polar surface area (TPSA) is 93.0 Å². The highest BCUT2D eigenvalue weighted by Gasteiger charge is 2.18. The minimum absolute atomic E-state index is 0.141. The fraction of sp³-hybridized carbons (Fsp3) is 0.692. The Hall–Kier alpha value is -1.11. The van der Waals surface area contributed by atoms with Gasteiger partial charge in [0.2, 0.25) is 0 Å². The summed E-state index contributed by atoms with van der Waals surface area (Å²) in [5, 5.41) is 9.20. The lowest BCUT2D eigenvalue weighted by atomic mass is 9.94. The van der Waals surface area contributed by atoms with Gasteiger partial charge in [0.05, 0.1) is 18.0 Å². The summed E-state index contributed by atoms with van der Waals surface area (Å²) >= 11 is 5.85. The molecule has 6 nitrogen and oxygen atoms in total. The van der Waals surface area contributed by atoms with Crippen LogP contribution in [0.15, 0.2) is 11.0 Å². The van der Waals surface area contributed by atoms with Gasteiger partial charge in [-0.25, -0.2) is 5.10 Å². The van der Waals surface area contributed by atoms with Gasteiger partial charge in [-0.15, -0.1) is 0 Å². The second-order valence-electron chi connectivity index (χ2n) is 5.11. The lowest BCUT2D eigenvalue weighted by Crippen LogP contribution is -2.30. The highest BCUT2D eigenvalue weighted by molar-refractivity contribution is 6.32. The third kappa shape index (κ3) is 4.47. The number of ether oxygens (including phenoxy) is 1. The van der Waals surface area contributed by atoms with Gasteiger partial charge in [-0.2, -0.15) is 5.10 Å². The van der Waals surface area contributed by atoms with Gasteiger partial charge >= 0.3 is 0 Å². The van der Waals surface area contributed by atoms with Crippen LogP contribution in [0.2, 0.25) is 5.02 Å². The lowest BCUT2D eigenvalue weighted by Gasteiger charge is -2.26. The van der Waals surface area contributed by atoms with Crippen LogP contribution in [-0.4, -0.2) is 35.5 Å². The van der Waals surface area contributed by atoms with Gasteiger partial charge in [-0.3, -0.25) is 4.79 Å². The van der Waals surface area contributed by atoms with Crippen molar-refractivity contribution in [2.75, 3.05) is 18.5 Å². The van der Waals surface area contributed by atoms with Crippen molar-refractivity contribution in [3.05, 3.63) is 21.6 Å². The van der Waals surface area contributed by atoms with Crippen LogP contribution >= 0.6 is 11.6 Å². The largest absolute Gasteiger partial charge is 0.382 e. The highest BCUT2D eigenvalue weighted by atomic mass is 35.5. The van der Waals surface area contributed by atoms with E-state index in [2.05, 4.69) is 15.5 Å². The molecule has 1 fully saturated rings. The molecule has 4 N–H and O–H groups in total. The van der Waals surface area contributed by atoms with Gasteiger partial charge in [0.25, 0.3) is 5.56 Å². The van der Waals surface area contributed by atoms with Crippen molar-refractivity contribution < 1.29 is 4.74 Å². The van der Waals surface area contributed by atoms with Gasteiger partial charge in [0.1, 0.15) is 5.02 Å². The van der Waals surface area contributed by atoms with E-state index in [0.717, 1.165) is 32.1 Å². The van der Waals surface area contributed by atoms with E-state index in [0.29, 0.717) is 31.0 Å². The van der Waals surface area contributed by atoms with Crippen molar-refractivity contribution in [3.63, 3.8) is 0 Å². The predicted octanol–water partition coefficient (Wildman–Crippen LogP) is 1.51. The monoisotopic (exact) mass is 300 g/mol. The zero-order chi connectivity index (χ0) is 14.4. The third-order valence-electron chi connectivity index (χ3n) is 3.50. The van der Waals surface area contributed by atoms with E-state index in [-0.39, 0.29) is 10.6 Å². The average molecular weight is 301 g/mol. The minimum atomic E-state index is -0.383. The van der Waals surface area contributed by atoms with Crippen molar-refractivity contribution in [1.82, 2.24) is 10.2 Å². The van der Waals surface area contributed by atoms with Crippen molar-refractivity contribution in [2.24, 2.45) is 5.73 Å². The fourth-order valence-corrected chi connectivity index (χ4v) is 2.47. The minimum Gasteiger partial charge on any atom is -0.382 e. The molecular formula is C13H21ClN4O2. The quantitative estimate of drug-likeness (QED) is 0.693. The molecule has 1 saturated carbocycles. The van der Waals surface area contributed by atoms with Gasteiger partial charge in [-0.1, -0.05) is 11.6 Å². The first-order chi connectivity index (χ1) is 9.66. The molecule has 7 heteroatoms. The summed E-state index contributed by atoms with van der Waals surface area (Å²) in [5.74, 6) is 0. The standard InChI is InChI=1S/C13H21ClN4O2/c14-12-11(8-17-18-13(12)19)16-6-1-7-20-10-4-2-9(15)3-5-10/h8-10H,1-7,15H2,(H2,16,18,19). The second-order valence-corrected chi connectivity index (χ2v) is 5.49. The van der Waals surface area contributed by atoms with Crippen LogP contribution in [0.25, 0.3) is 0 Å². The molecule has 1 aromatic rings. The molecule has 1 heterocycles. The zero-order valence-corrected chi connectivity index (χ0v) is 12.2. The molecule has 20 heavy (non-hydrogen) atoms. The molecule has 1 aromatic heterocycles. The highest BCUT2D eigenvalue weighted by Crippen LogP contribution is 2.20. The van der Waals surface area contributed by atoms with Crippen molar-refractivity contribution in [1.29, 1.82) is 0 Å². The Morgan fingerprint density at radius 3 is 2.95 bits per heavy atom. The van der Waals surface area contributed by atoms with E-state index in [1.165, 1.54) is 6.20 Å². The molecular weight excluding hydrogens is 280 g/mol. The third-order valence-corrected chi connectivity index (χ3v) is 3.88.